The second kappa shape index (κ2) is 10.4. The minimum Gasteiger partial charge on any atom is -0.480 e. The third-order valence-corrected chi connectivity index (χ3v) is 7.00. The average molecular weight is 582 g/mol. The lowest BCUT2D eigenvalue weighted by Crippen LogP contribution is -2.34. The number of aliphatic carboxylic acids is 1. The molecule has 0 aromatic heterocycles. The highest BCUT2D eigenvalue weighted by atomic mass is 35.5. The van der Waals surface area contributed by atoms with E-state index >= 15 is 0 Å². The van der Waals surface area contributed by atoms with E-state index in [0.717, 1.165) is 10.0 Å². The number of carboxylic acid groups (broad SMARTS) is 1. The number of carboxylic acids is 1. The fraction of sp³-hybridized carbons (Fsp3) is 0.143. The molecule has 198 valence electrons. The summed E-state index contributed by atoms with van der Waals surface area (Å²) in [6.07, 6.45) is 0.430. The van der Waals surface area contributed by atoms with Crippen LogP contribution < -0.4 is 15.2 Å². The zero-order valence-corrected chi connectivity index (χ0v) is 21.5. The number of amides is 2. The maximum atomic E-state index is 12.6. The van der Waals surface area contributed by atoms with E-state index in [2.05, 4.69) is 20.8 Å². The van der Waals surface area contributed by atoms with E-state index < -0.39 is 39.5 Å². The maximum Gasteiger partial charge on any atom is 0.325 e. The van der Waals surface area contributed by atoms with Gasteiger partial charge in [-0.05, 0) is 37.3 Å². The summed E-state index contributed by atoms with van der Waals surface area (Å²) in [5, 5.41) is 24.7. The summed E-state index contributed by atoms with van der Waals surface area (Å²) in [5.41, 5.74) is 0.810. The van der Waals surface area contributed by atoms with E-state index in [-0.39, 0.29) is 33.1 Å². The summed E-state index contributed by atoms with van der Waals surface area (Å²) >= 11 is 13.1. The zero-order chi connectivity index (χ0) is 27.8. The van der Waals surface area contributed by atoms with Crippen molar-refractivity contribution in [2.45, 2.75) is 17.9 Å². The highest BCUT2D eigenvalue weighted by Crippen LogP contribution is 2.48. The van der Waals surface area contributed by atoms with Crippen molar-refractivity contribution in [3.63, 3.8) is 0 Å². The standard InChI is InChI=1S/C21H17Cl2N7O7S/c1-11-18(21(34)28(26-11)9-17(32)33)25-27-30-13-7-6-12(24-10-31)8-15(13)29(19(22)20(30)23)14-4-2-3-5-16(14)38(35,36)37/h2-8,10,18H,9H2,1H3,(H,24,31)(H,32,33)(H,35,36,37). The number of carbonyl (C=O) groups excluding carboxylic acids is 2. The van der Waals surface area contributed by atoms with Crippen molar-refractivity contribution in [1.29, 1.82) is 0 Å². The lowest BCUT2D eigenvalue weighted by molar-refractivity contribution is -0.143. The first-order valence-corrected chi connectivity index (χ1v) is 12.7. The lowest BCUT2D eigenvalue weighted by atomic mass is 10.1. The SMILES string of the molecule is CC1=NN(CC(=O)O)C(=O)C1N=NN1C(Cl)=C(Cl)N(c2ccccc2S(=O)(=O)O)c2cc(NC=O)ccc21. The van der Waals surface area contributed by atoms with Gasteiger partial charge in [0.25, 0.3) is 16.0 Å². The number of para-hydroxylation sites is 1. The third kappa shape index (κ3) is 5.04. The van der Waals surface area contributed by atoms with E-state index in [1.54, 1.807) is 0 Å². The number of rotatable bonds is 8. The van der Waals surface area contributed by atoms with Gasteiger partial charge >= 0.3 is 5.97 Å². The second-order valence-electron chi connectivity index (χ2n) is 7.78. The summed E-state index contributed by atoms with van der Waals surface area (Å²) < 4.78 is 34.0. The number of benzene rings is 2. The molecule has 2 aromatic rings. The molecule has 14 nitrogen and oxygen atoms in total. The Balaban J connectivity index is 1.83. The summed E-state index contributed by atoms with van der Waals surface area (Å²) in [6, 6.07) is 8.65. The van der Waals surface area contributed by atoms with Crippen LogP contribution in [0.3, 0.4) is 0 Å². The Morgan fingerprint density at radius 3 is 2.53 bits per heavy atom. The molecule has 2 aliphatic rings. The molecule has 0 saturated carbocycles. The number of hydrogen-bond acceptors (Lipinski definition) is 9. The van der Waals surface area contributed by atoms with Crippen LogP contribution in [0.2, 0.25) is 0 Å². The van der Waals surface area contributed by atoms with Crippen molar-refractivity contribution >= 4 is 80.1 Å². The van der Waals surface area contributed by atoms with Gasteiger partial charge in [-0.1, -0.05) is 40.6 Å². The Morgan fingerprint density at radius 1 is 1.16 bits per heavy atom. The van der Waals surface area contributed by atoms with Crippen molar-refractivity contribution in [3.05, 3.63) is 52.8 Å². The van der Waals surface area contributed by atoms with Crippen LogP contribution in [0.1, 0.15) is 6.92 Å². The average Bonchev–Trinajstić information content (AvgIpc) is 3.11. The van der Waals surface area contributed by atoms with Crippen molar-refractivity contribution < 1.29 is 32.5 Å². The van der Waals surface area contributed by atoms with Crippen molar-refractivity contribution in [2.75, 3.05) is 21.8 Å². The molecule has 38 heavy (non-hydrogen) atoms. The van der Waals surface area contributed by atoms with Gasteiger partial charge in [0.05, 0.1) is 22.8 Å². The van der Waals surface area contributed by atoms with Crippen LogP contribution in [-0.4, -0.2) is 59.7 Å². The smallest absolute Gasteiger partial charge is 0.325 e. The Bertz CT molecular complexity index is 1540. The predicted molar refractivity (Wildman–Crippen MR) is 137 cm³/mol. The summed E-state index contributed by atoms with van der Waals surface area (Å²) in [4.78, 5) is 35.4. The molecule has 1 unspecified atom stereocenters. The normalized spacial score (nSPS) is 17.7. The molecular weight excluding hydrogens is 565 g/mol. The molecule has 4 rings (SSSR count). The molecule has 2 aliphatic heterocycles. The van der Waals surface area contributed by atoms with Crippen LogP contribution in [-0.2, 0) is 24.5 Å². The summed E-state index contributed by atoms with van der Waals surface area (Å²) in [7, 11) is -4.70. The Labute approximate surface area is 225 Å². The van der Waals surface area contributed by atoms with E-state index in [1.807, 2.05) is 0 Å². The van der Waals surface area contributed by atoms with Gasteiger partial charge in [-0.2, -0.15) is 23.6 Å². The minimum absolute atomic E-state index is 0.0579. The van der Waals surface area contributed by atoms with Crippen LogP contribution in [0, 0.1) is 0 Å². The first-order valence-electron chi connectivity index (χ1n) is 10.5. The number of nitrogens with one attached hydrogen (secondary N) is 1. The first-order chi connectivity index (χ1) is 17.9. The van der Waals surface area contributed by atoms with Crippen LogP contribution in [0.15, 0.2) is 73.1 Å². The van der Waals surface area contributed by atoms with E-state index in [9.17, 15) is 27.4 Å². The van der Waals surface area contributed by atoms with Crippen LogP contribution in [0.5, 0.6) is 0 Å². The number of carbonyl (C=O) groups is 3. The highest BCUT2D eigenvalue weighted by Gasteiger charge is 2.37. The summed E-state index contributed by atoms with van der Waals surface area (Å²) in [6.45, 7) is 0.819. The molecule has 0 bridgehead atoms. The molecule has 0 radical (unpaired) electrons. The number of nitrogens with zero attached hydrogens (tertiary/aromatic N) is 6. The molecular formula is C21H17Cl2N7O7S. The molecule has 17 heteroatoms. The second-order valence-corrected chi connectivity index (χ2v) is 9.88. The van der Waals surface area contributed by atoms with Gasteiger partial charge in [0.15, 0.2) is 16.4 Å². The van der Waals surface area contributed by atoms with E-state index in [0.29, 0.717) is 12.1 Å². The topological polar surface area (TPSA) is 185 Å². The molecule has 2 aromatic carbocycles. The molecule has 0 fully saturated rings. The van der Waals surface area contributed by atoms with Gasteiger partial charge in [-0.25, -0.2) is 5.01 Å². The van der Waals surface area contributed by atoms with Gasteiger partial charge in [0.2, 0.25) is 6.41 Å². The van der Waals surface area contributed by atoms with Gasteiger partial charge < -0.3 is 10.4 Å². The number of hydrogen-bond donors (Lipinski definition) is 3. The molecule has 1 atom stereocenters. The van der Waals surface area contributed by atoms with Crippen molar-refractivity contribution in [2.24, 2.45) is 15.4 Å². The largest absolute Gasteiger partial charge is 0.480 e. The van der Waals surface area contributed by atoms with Crippen LogP contribution in [0.25, 0.3) is 0 Å². The molecule has 2 amide bonds. The molecule has 0 spiro atoms. The Morgan fingerprint density at radius 2 is 1.87 bits per heavy atom. The van der Waals surface area contributed by atoms with Gasteiger partial charge in [-0.15, -0.1) is 0 Å². The zero-order valence-electron chi connectivity index (χ0n) is 19.2. The van der Waals surface area contributed by atoms with Crippen molar-refractivity contribution in [1.82, 2.24) is 5.01 Å². The number of anilines is 4. The van der Waals surface area contributed by atoms with Crippen LogP contribution >= 0.6 is 23.2 Å². The van der Waals surface area contributed by atoms with Gasteiger partial charge in [0, 0.05) is 5.69 Å². The molecule has 0 saturated heterocycles. The van der Waals surface area contributed by atoms with Gasteiger partial charge in [-0.3, -0.25) is 23.8 Å². The predicted octanol–water partition coefficient (Wildman–Crippen LogP) is 3.10. The van der Waals surface area contributed by atoms with E-state index in [4.69, 9.17) is 28.3 Å². The van der Waals surface area contributed by atoms with E-state index in [1.165, 1.54) is 54.3 Å². The van der Waals surface area contributed by atoms with Gasteiger partial charge in [0.1, 0.15) is 11.4 Å². The first kappa shape index (κ1) is 27.0. The maximum absolute atomic E-state index is 12.6. The van der Waals surface area contributed by atoms with Crippen LogP contribution in [0.4, 0.5) is 22.7 Å². The molecule has 0 aliphatic carbocycles. The molecule has 2 heterocycles. The summed E-state index contributed by atoms with van der Waals surface area (Å²) in [5.74, 6) is -1.98. The quantitative estimate of drug-likeness (QED) is 0.182. The Hall–Kier alpha value is -4.05. The highest BCUT2D eigenvalue weighted by molar-refractivity contribution is 7.86. The Kier molecular flexibility index (Phi) is 7.37. The number of hydrazone groups is 1. The lowest BCUT2D eigenvalue weighted by Gasteiger charge is -2.35. The molecule has 3 N–H and O–H groups in total. The monoisotopic (exact) mass is 581 g/mol. The third-order valence-electron chi connectivity index (χ3n) is 5.31. The minimum atomic E-state index is -4.70. The number of halogens is 2. The fourth-order valence-corrected chi connectivity index (χ4v) is 4.85. The fourth-order valence-electron chi connectivity index (χ4n) is 3.71. The number of fused-ring (bicyclic) bond motifs is 1. The van der Waals surface area contributed by atoms with Crippen molar-refractivity contribution in [3.8, 4) is 0 Å².